The van der Waals surface area contributed by atoms with Gasteiger partial charge < -0.3 is 16.0 Å². The Morgan fingerprint density at radius 2 is 2.05 bits per heavy atom. The van der Waals surface area contributed by atoms with Crippen molar-refractivity contribution < 1.29 is 0 Å². The third-order valence-electron chi connectivity index (χ3n) is 3.58. The van der Waals surface area contributed by atoms with E-state index in [9.17, 15) is 0 Å². The molecule has 0 spiro atoms. The van der Waals surface area contributed by atoms with E-state index in [4.69, 9.17) is 18.0 Å². The SMILES string of the molecule is Cc1ccc(C(N)=S)c(NCCCCN(C)C(C)C)c1. The molecule has 3 nitrogen and oxygen atoms in total. The molecule has 0 aliphatic heterocycles. The normalized spacial score (nSPS) is 11.1. The summed E-state index contributed by atoms with van der Waals surface area (Å²) in [6, 6.07) is 6.75. The van der Waals surface area contributed by atoms with Crippen molar-refractivity contribution in [2.75, 3.05) is 25.5 Å². The Hall–Kier alpha value is -1.13. The van der Waals surface area contributed by atoms with Gasteiger partial charge in [-0.15, -0.1) is 0 Å². The van der Waals surface area contributed by atoms with Crippen molar-refractivity contribution >= 4 is 22.9 Å². The topological polar surface area (TPSA) is 41.3 Å². The summed E-state index contributed by atoms with van der Waals surface area (Å²) in [6.45, 7) is 8.60. The molecule has 112 valence electrons. The zero-order chi connectivity index (χ0) is 15.1. The van der Waals surface area contributed by atoms with Crippen molar-refractivity contribution in [3.05, 3.63) is 29.3 Å². The van der Waals surface area contributed by atoms with Crippen molar-refractivity contribution in [3.63, 3.8) is 0 Å². The largest absolute Gasteiger partial charge is 0.389 e. The molecule has 0 bridgehead atoms. The number of thiocarbonyl (C=S) groups is 1. The molecule has 1 aromatic rings. The Balaban J connectivity index is 2.42. The Morgan fingerprint density at radius 3 is 2.65 bits per heavy atom. The van der Waals surface area contributed by atoms with E-state index in [1.165, 1.54) is 12.0 Å². The second-order valence-corrected chi connectivity index (χ2v) is 6.06. The average molecular weight is 293 g/mol. The van der Waals surface area contributed by atoms with Gasteiger partial charge in [0.05, 0.1) is 0 Å². The van der Waals surface area contributed by atoms with Crippen molar-refractivity contribution in [2.24, 2.45) is 5.73 Å². The van der Waals surface area contributed by atoms with E-state index in [0.29, 0.717) is 11.0 Å². The Bertz CT molecular complexity index is 443. The van der Waals surface area contributed by atoms with E-state index in [0.717, 1.165) is 30.8 Å². The monoisotopic (exact) mass is 293 g/mol. The number of nitrogens with one attached hydrogen (secondary N) is 1. The summed E-state index contributed by atoms with van der Waals surface area (Å²) in [5.74, 6) is 0. The molecule has 20 heavy (non-hydrogen) atoms. The minimum Gasteiger partial charge on any atom is -0.389 e. The lowest BCUT2D eigenvalue weighted by atomic mass is 10.1. The van der Waals surface area contributed by atoms with E-state index in [1.54, 1.807) is 0 Å². The van der Waals surface area contributed by atoms with Crippen LogP contribution in [-0.4, -0.2) is 36.1 Å². The molecular formula is C16H27N3S. The number of hydrogen-bond donors (Lipinski definition) is 2. The fourth-order valence-electron chi connectivity index (χ4n) is 1.99. The van der Waals surface area contributed by atoms with Crippen molar-refractivity contribution in [1.29, 1.82) is 0 Å². The van der Waals surface area contributed by atoms with Crippen molar-refractivity contribution in [2.45, 2.75) is 39.7 Å². The second kappa shape index (κ2) is 8.22. The highest BCUT2D eigenvalue weighted by Crippen LogP contribution is 2.17. The first-order valence-corrected chi connectivity index (χ1v) is 7.67. The average Bonchev–Trinajstić information content (AvgIpc) is 2.37. The van der Waals surface area contributed by atoms with Crippen LogP contribution in [0.2, 0.25) is 0 Å². The molecule has 1 aromatic carbocycles. The van der Waals surface area contributed by atoms with Crippen molar-refractivity contribution in [3.8, 4) is 0 Å². The van der Waals surface area contributed by atoms with Crippen molar-refractivity contribution in [1.82, 2.24) is 4.90 Å². The van der Waals surface area contributed by atoms with Gasteiger partial charge in [-0.2, -0.15) is 0 Å². The zero-order valence-corrected chi connectivity index (χ0v) is 13.9. The lowest BCUT2D eigenvalue weighted by Gasteiger charge is -2.20. The summed E-state index contributed by atoms with van der Waals surface area (Å²) in [6.07, 6.45) is 2.33. The number of nitrogens with zero attached hydrogens (tertiary/aromatic N) is 1. The first kappa shape index (κ1) is 16.9. The molecular weight excluding hydrogens is 266 g/mol. The van der Waals surface area contributed by atoms with Gasteiger partial charge in [0, 0.05) is 23.8 Å². The van der Waals surface area contributed by atoms with Gasteiger partial charge in [0.15, 0.2) is 0 Å². The number of unbranched alkanes of at least 4 members (excludes halogenated alkanes) is 1. The smallest absolute Gasteiger partial charge is 0.106 e. The van der Waals surface area contributed by atoms with Gasteiger partial charge in [0.1, 0.15) is 4.99 Å². The number of hydrogen-bond acceptors (Lipinski definition) is 3. The maximum Gasteiger partial charge on any atom is 0.106 e. The molecule has 4 heteroatoms. The van der Waals surface area contributed by atoms with Gasteiger partial charge in [-0.05, 0) is 64.9 Å². The highest BCUT2D eigenvalue weighted by atomic mass is 32.1. The molecule has 0 unspecified atom stereocenters. The first-order valence-electron chi connectivity index (χ1n) is 7.26. The Morgan fingerprint density at radius 1 is 1.35 bits per heavy atom. The fraction of sp³-hybridized carbons (Fsp3) is 0.562. The number of anilines is 1. The molecule has 0 saturated heterocycles. The lowest BCUT2D eigenvalue weighted by molar-refractivity contribution is 0.269. The summed E-state index contributed by atoms with van der Waals surface area (Å²) >= 11 is 5.09. The molecule has 0 amide bonds. The molecule has 0 radical (unpaired) electrons. The maximum atomic E-state index is 5.75. The van der Waals surface area contributed by atoms with Crippen LogP contribution in [0.4, 0.5) is 5.69 Å². The van der Waals surface area contributed by atoms with Crippen LogP contribution in [0.15, 0.2) is 18.2 Å². The summed E-state index contributed by atoms with van der Waals surface area (Å²) in [5.41, 5.74) is 8.95. The molecule has 0 heterocycles. The minimum absolute atomic E-state index is 0.451. The summed E-state index contributed by atoms with van der Waals surface area (Å²) < 4.78 is 0. The fourth-order valence-corrected chi connectivity index (χ4v) is 2.16. The summed E-state index contributed by atoms with van der Waals surface area (Å²) in [7, 11) is 2.17. The quantitative estimate of drug-likeness (QED) is 0.570. The highest BCUT2D eigenvalue weighted by Gasteiger charge is 2.05. The van der Waals surface area contributed by atoms with Gasteiger partial charge >= 0.3 is 0 Å². The van der Waals surface area contributed by atoms with E-state index in [2.05, 4.69) is 44.1 Å². The van der Waals surface area contributed by atoms with Crippen LogP contribution in [0, 0.1) is 6.92 Å². The van der Waals surface area contributed by atoms with Gasteiger partial charge in [-0.25, -0.2) is 0 Å². The maximum absolute atomic E-state index is 5.75. The van der Waals surface area contributed by atoms with Crippen LogP contribution in [0.3, 0.4) is 0 Å². The number of benzene rings is 1. The Labute approximate surface area is 128 Å². The molecule has 0 aliphatic rings. The zero-order valence-electron chi connectivity index (χ0n) is 13.1. The van der Waals surface area contributed by atoms with E-state index < -0.39 is 0 Å². The third kappa shape index (κ3) is 5.47. The number of aryl methyl sites for hydroxylation is 1. The predicted octanol–water partition coefficient (Wildman–Crippen LogP) is 3.16. The summed E-state index contributed by atoms with van der Waals surface area (Å²) in [4.78, 5) is 2.82. The Kier molecular flexibility index (Phi) is 6.96. The van der Waals surface area contributed by atoms with Gasteiger partial charge in [-0.3, -0.25) is 0 Å². The van der Waals surface area contributed by atoms with Crippen LogP contribution in [0.1, 0.15) is 37.8 Å². The summed E-state index contributed by atoms with van der Waals surface area (Å²) in [5, 5.41) is 3.45. The third-order valence-corrected chi connectivity index (χ3v) is 3.80. The molecule has 1 rings (SSSR count). The molecule has 0 atom stereocenters. The van der Waals surface area contributed by atoms with Gasteiger partial charge in [0.2, 0.25) is 0 Å². The van der Waals surface area contributed by atoms with Crippen LogP contribution in [-0.2, 0) is 0 Å². The molecule has 0 fully saturated rings. The van der Waals surface area contributed by atoms with Crippen LogP contribution >= 0.6 is 12.2 Å². The predicted molar refractivity (Wildman–Crippen MR) is 92.6 cm³/mol. The first-order chi connectivity index (χ1) is 9.41. The highest BCUT2D eigenvalue weighted by molar-refractivity contribution is 7.80. The van der Waals surface area contributed by atoms with Crippen LogP contribution < -0.4 is 11.1 Å². The number of nitrogens with two attached hydrogens (primary N) is 1. The second-order valence-electron chi connectivity index (χ2n) is 5.62. The molecule has 0 aliphatic carbocycles. The van der Waals surface area contributed by atoms with Crippen LogP contribution in [0.5, 0.6) is 0 Å². The van der Waals surface area contributed by atoms with E-state index in [-0.39, 0.29) is 0 Å². The van der Waals surface area contributed by atoms with E-state index in [1.807, 2.05) is 12.1 Å². The molecule has 0 aromatic heterocycles. The molecule has 3 N–H and O–H groups in total. The minimum atomic E-state index is 0.451. The van der Waals surface area contributed by atoms with Gasteiger partial charge in [-0.1, -0.05) is 18.3 Å². The number of rotatable bonds is 8. The van der Waals surface area contributed by atoms with Gasteiger partial charge in [0.25, 0.3) is 0 Å². The van der Waals surface area contributed by atoms with E-state index >= 15 is 0 Å². The van der Waals surface area contributed by atoms with Crippen LogP contribution in [0.25, 0.3) is 0 Å². The lowest BCUT2D eigenvalue weighted by Crippen LogP contribution is -2.27. The molecule has 0 saturated carbocycles. The standard InChI is InChI=1S/C16H27N3S/c1-12(2)19(4)10-6-5-9-18-15-11-13(3)7-8-14(15)16(17)20/h7-8,11-12,18H,5-6,9-10H2,1-4H3,(H2,17,20).